The summed E-state index contributed by atoms with van der Waals surface area (Å²) in [6.07, 6.45) is 5.52. The molecule has 0 amide bonds. The fourth-order valence-corrected chi connectivity index (χ4v) is 3.53. The quantitative estimate of drug-likeness (QED) is 0.163. The number of nitrogens with zero attached hydrogens (tertiary/aromatic N) is 1. The Balaban J connectivity index is 1.78. The van der Waals surface area contributed by atoms with Gasteiger partial charge < -0.3 is 4.74 Å². The molecule has 3 aromatic carbocycles. The lowest BCUT2D eigenvalue weighted by Crippen LogP contribution is -2.14. The minimum absolute atomic E-state index is 0.0312. The van der Waals surface area contributed by atoms with E-state index in [0.717, 1.165) is 56.4 Å². The monoisotopic (exact) mass is 443 g/mol. The van der Waals surface area contributed by atoms with Gasteiger partial charge in [0.15, 0.2) is 5.82 Å². The summed E-state index contributed by atoms with van der Waals surface area (Å²) >= 11 is 0. The number of aryl methyl sites for hydroxylation is 1. The van der Waals surface area contributed by atoms with Crippen LogP contribution in [0.4, 0.5) is 17.6 Å². The Labute approximate surface area is 183 Å². The minimum Gasteiger partial charge on any atom is -0.423 e. The van der Waals surface area contributed by atoms with Crippen LogP contribution in [0.5, 0.6) is 5.75 Å². The van der Waals surface area contributed by atoms with E-state index in [-0.39, 0.29) is 16.5 Å². The molecule has 32 heavy (non-hydrogen) atoms. The van der Waals surface area contributed by atoms with Gasteiger partial charge in [-0.2, -0.15) is 5.26 Å². The molecule has 0 aliphatic carbocycles. The van der Waals surface area contributed by atoms with Crippen LogP contribution in [0.2, 0.25) is 0 Å². The number of unbranched alkanes of at least 4 members (excludes halogenated alkanes) is 4. The summed E-state index contributed by atoms with van der Waals surface area (Å²) in [6.45, 7) is 2.10. The van der Waals surface area contributed by atoms with Gasteiger partial charge in [0, 0.05) is 5.39 Å². The second-order valence-corrected chi connectivity index (χ2v) is 7.53. The van der Waals surface area contributed by atoms with E-state index in [9.17, 15) is 22.4 Å². The molecule has 0 bridgehead atoms. The molecule has 0 aliphatic rings. The van der Waals surface area contributed by atoms with Crippen LogP contribution in [0.3, 0.4) is 0 Å². The van der Waals surface area contributed by atoms with Crippen LogP contribution in [0.25, 0.3) is 10.8 Å². The molecule has 0 saturated carbocycles. The van der Waals surface area contributed by atoms with Gasteiger partial charge in [-0.15, -0.1) is 0 Å². The number of benzene rings is 3. The second-order valence-electron chi connectivity index (χ2n) is 7.53. The Bertz CT molecular complexity index is 1180. The van der Waals surface area contributed by atoms with Crippen LogP contribution in [-0.2, 0) is 6.42 Å². The van der Waals surface area contributed by atoms with Crippen LogP contribution >= 0.6 is 0 Å². The van der Waals surface area contributed by atoms with Crippen LogP contribution in [0.1, 0.15) is 60.5 Å². The van der Waals surface area contributed by atoms with E-state index in [1.807, 2.05) is 0 Å². The van der Waals surface area contributed by atoms with Crippen LogP contribution < -0.4 is 4.74 Å². The largest absolute Gasteiger partial charge is 0.423 e. The Hall–Kier alpha value is -3.40. The van der Waals surface area contributed by atoms with E-state index in [1.165, 1.54) is 18.2 Å². The highest BCUT2D eigenvalue weighted by Crippen LogP contribution is 2.28. The Kier molecular flexibility index (Phi) is 7.47. The topological polar surface area (TPSA) is 50.1 Å². The Morgan fingerprint density at radius 1 is 0.938 bits per heavy atom. The molecule has 0 aromatic heterocycles. The summed E-state index contributed by atoms with van der Waals surface area (Å²) in [5.41, 5.74) is -1.10. The summed E-state index contributed by atoms with van der Waals surface area (Å²) in [5, 5.41) is 8.82. The van der Waals surface area contributed by atoms with Gasteiger partial charge in [-0.1, -0.05) is 32.6 Å². The first kappa shape index (κ1) is 23.3. The van der Waals surface area contributed by atoms with Gasteiger partial charge in [0.1, 0.15) is 40.4 Å². The van der Waals surface area contributed by atoms with Gasteiger partial charge in [-0.3, -0.25) is 0 Å². The molecule has 0 spiro atoms. The van der Waals surface area contributed by atoms with Crippen LogP contribution in [0, 0.1) is 34.6 Å². The molecule has 0 atom stereocenters. The molecule has 0 aliphatic heterocycles. The normalized spacial score (nSPS) is 10.9. The molecular weight excluding hydrogens is 422 g/mol. The predicted octanol–water partition coefficient (Wildman–Crippen LogP) is 7.00. The maximum absolute atomic E-state index is 14.5. The fourth-order valence-electron chi connectivity index (χ4n) is 3.53. The lowest BCUT2D eigenvalue weighted by atomic mass is 10.0. The summed E-state index contributed by atoms with van der Waals surface area (Å²) in [4.78, 5) is 12.4. The highest BCUT2D eigenvalue weighted by atomic mass is 19.1. The third-order valence-corrected chi connectivity index (χ3v) is 5.20. The third-order valence-electron chi connectivity index (χ3n) is 5.20. The van der Waals surface area contributed by atoms with Crippen molar-refractivity contribution >= 4 is 16.7 Å². The average molecular weight is 443 g/mol. The van der Waals surface area contributed by atoms with Gasteiger partial charge in [-0.25, -0.2) is 22.4 Å². The number of fused-ring (bicyclic) bond motifs is 1. The maximum Gasteiger partial charge on any atom is 0.349 e. The van der Waals surface area contributed by atoms with Gasteiger partial charge in [-0.05, 0) is 60.2 Å². The highest BCUT2D eigenvalue weighted by Gasteiger charge is 2.21. The van der Waals surface area contributed by atoms with Crippen molar-refractivity contribution in [2.24, 2.45) is 0 Å². The zero-order chi connectivity index (χ0) is 23.3. The molecule has 0 saturated heterocycles. The molecule has 3 nitrogen and oxygen atoms in total. The van der Waals surface area contributed by atoms with E-state index >= 15 is 0 Å². The van der Waals surface area contributed by atoms with Gasteiger partial charge >= 0.3 is 5.97 Å². The molecule has 0 unspecified atom stereocenters. The van der Waals surface area contributed by atoms with Crippen molar-refractivity contribution in [1.82, 2.24) is 0 Å². The summed E-state index contributed by atoms with van der Waals surface area (Å²) in [6, 6.07) is 8.15. The number of nitriles is 1. The van der Waals surface area contributed by atoms with Crippen molar-refractivity contribution in [3.63, 3.8) is 0 Å². The molecule has 7 heteroatoms. The highest BCUT2D eigenvalue weighted by molar-refractivity contribution is 5.93. The van der Waals surface area contributed by atoms with Gasteiger partial charge in [0.2, 0.25) is 0 Å². The summed E-state index contributed by atoms with van der Waals surface area (Å²) < 4.78 is 62.1. The number of halogens is 4. The molecule has 0 radical (unpaired) electrons. The first-order valence-corrected chi connectivity index (χ1v) is 10.4. The number of ether oxygens (including phenoxy) is 1. The molecule has 0 heterocycles. The molecular formula is C25H21F4NO2. The van der Waals surface area contributed by atoms with Crippen molar-refractivity contribution in [2.45, 2.75) is 45.4 Å². The van der Waals surface area contributed by atoms with Crippen molar-refractivity contribution < 1.29 is 27.1 Å². The number of carbonyl (C=O) groups excluding carboxylic acids is 1. The standard InChI is InChI=1S/C25H21F4NO2/c1-2-3-4-5-6-7-15-10-21(27)23(22(28)11-15)25(31)32-17-8-9-18-16(12-17)13-20(26)19(14-30)24(18)29/h8-13H,2-7H2,1H3. The smallest absolute Gasteiger partial charge is 0.349 e. The van der Waals surface area contributed by atoms with E-state index in [0.29, 0.717) is 12.0 Å². The van der Waals surface area contributed by atoms with Crippen LogP contribution in [-0.4, -0.2) is 5.97 Å². The Morgan fingerprint density at radius 2 is 1.62 bits per heavy atom. The van der Waals surface area contributed by atoms with E-state index in [2.05, 4.69) is 6.92 Å². The van der Waals surface area contributed by atoms with E-state index in [4.69, 9.17) is 10.00 Å². The molecule has 0 N–H and O–H groups in total. The number of carbonyl (C=O) groups is 1. The molecule has 3 rings (SSSR count). The van der Waals surface area contributed by atoms with Gasteiger partial charge in [0.25, 0.3) is 0 Å². The molecule has 3 aromatic rings. The maximum atomic E-state index is 14.5. The van der Waals surface area contributed by atoms with Crippen molar-refractivity contribution in [2.75, 3.05) is 0 Å². The summed E-state index contributed by atoms with van der Waals surface area (Å²) in [7, 11) is 0. The lowest BCUT2D eigenvalue weighted by Gasteiger charge is -2.10. The number of rotatable bonds is 8. The minimum atomic E-state index is -1.26. The first-order chi connectivity index (χ1) is 15.3. The molecule has 0 fully saturated rings. The Morgan fingerprint density at radius 3 is 2.28 bits per heavy atom. The molecule has 166 valence electrons. The SMILES string of the molecule is CCCCCCCc1cc(F)c(C(=O)Oc2ccc3c(F)c(C#N)c(F)cc3c2)c(F)c1. The third kappa shape index (κ3) is 5.08. The zero-order valence-electron chi connectivity index (χ0n) is 17.5. The average Bonchev–Trinajstić information content (AvgIpc) is 2.73. The second kappa shape index (κ2) is 10.3. The van der Waals surface area contributed by atoms with Gasteiger partial charge in [0.05, 0.1) is 0 Å². The zero-order valence-corrected chi connectivity index (χ0v) is 17.5. The predicted molar refractivity (Wildman–Crippen MR) is 112 cm³/mol. The number of hydrogen-bond donors (Lipinski definition) is 0. The number of esters is 1. The van der Waals surface area contributed by atoms with Crippen molar-refractivity contribution in [3.05, 3.63) is 76.4 Å². The van der Waals surface area contributed by atoms with E-state index in [1.54, 1.807) is 0 Å². The van der Waals surface area contributed by atoms with Crippen molar-refractivity contribution in [3.8, 4) is 11.8 Å². The van der Waals surface area contributed by atoms with Crippen molar-refractivity contribution in [1.29, 1.82) is 5.26 Å². The number of hydrogen-bond acceptors (Lipinski definition) is 3. The van der Waals surface area contributed by atoms with Crippen LogP contribution in [0.15, 0.2) is 36.4 Å². The fraction of sp³-hybridized carbons (Fsp3) is 0.280. The lowest BCUT2D eigenvalue weighted by molar-refractivity contribution is 0.0725. The summed E-state index contributed by atoms with van der Waals surface area (Å²) in [5.74, 6) is -5.58. The van der Waals surface area contributed by atoms with E-state index < -0.39 is 40.4 Å². The first-order valence-electron chi connectivity index (χ1n) is 10.4.